The number of nitrogens with one attached hydrogen (secondary N) is 2. The molecule has 146 valence electrons. The molecule has 1 fully saturated rings. The maximum atomic E-state index is 14.0. The van der Waals surface area contributed by atoms with Gasteiger partial charge in [-0.15, -0.1) is 12.4 Å². The van der Waals surface area contributed by atoms with E-state index in [-0.39, 0.29) is 57.5 Å². The number of sulfonamides is 1. The molecule has 1 aromatic rings. The van der Waals surface area contributed by atoms with Gasteiger partial charge in [0.1, 0.15) is 10.7 Å². The third kappa shape index (κ3) is 5.61. The first-order chi connectivity index (χ1) is 11.8. The number of benzene rings is 1. The molecule has 0 radical (unpaired) electrons. The Morgan fingerprint density at radius 1 is 1.23 bits per heavy atom. The molecule has 1 heterocycles. The molecule has 1 saturated heterocycles. The van der Waals surface area contributed by atoms with E-state index in [1.807, 2.05) is 0 Å². The second kappa shape index (κ2) is 9.78. The number of carbonyl (C=O) groups is 2. The van der Waals surface area contributed by atoms with E-state index in [2.05, 4.69) is 10.6 Å². The summed E-state index contributed by atoms with van der Waals surface area (Å²) in [5.41, 5.74) is 5.20. The van der Waals surface area contributed by atoms with Crippen molar-refractivity contribution in [3.63, 3.8) is 0 Å². The van der Waals surface area contributed by atoms with E-state index < -0.39 is 32.6 Å². The van der Waals surface area contributed by atoms with Crippen LogP contribution in [0.25, 0.3) is 0 Å². The van der Waals surface area contributed by atoms with Gasteiger partial charge in [0, 0.05) is 18.8 Å². The molecule has 2 amide bonds. The van der Waals surface area contributed by atoms with Crippen molar-refractivity contribution in [3.05, 3.63) is 24.0 Å². The third-order valence-corrected chi connectivity index (χ3v) is 5.35. The number of morpholine rings is 1. The average Bonchev–Trinajstić information content (AvgIpc) is 2.61. The summed E-state index contributed by atoms with van der Waals surface area (Å²) in [4.78, 5) is 22.2. The van der Waals surface area contributed by atoms with Crippen LogP contribution in [0, 0.1) is 5.82 Å². The van der Waals surface area contributed by atoms with Crippen molar-refractivity contribution in [3.8, 4) is 0 Å². The molecule has 12 heteroatoms. The minimum absolute atomic E-state index is 0. The lowest BCUT2D eigenvalue weighted by atomic mass is 10.3. The zero-order chi connectivity index (χ0) is 18.4. The average molecular weight is 411 g/mol. The van der Waals surface area contributed by atoms with E-state index in [0.29, 0.717) is 0 Å². The Balaban J connectivity index is 0.00000338. The quantitative estimate of drug-likeness (QED) is 0.567. The van der Waals surface area contributed by atoms with Crippen LogP contribution in [0.4, 0.5) is 10.1 Å². The van der Waals surface area contributed by atoms with Gasteiger partial charge < -0.3 is 21.1 Å². The highest BCUT2D eigenvalue weighted by Crippen LogP contribution is 2.23. The zero-order valence-corrected chi connectivity index (χ0v) is 15.4. The minimum Gasteiger partial charge on any atom is -0.379 e. The monoisotopic (exact) mass is 410 g/mol. The molecule has 2 rings (SSSR count). The topological polar surface area (TPSA) is 131 Å². The normalized spacial score (nSPS) is 15.0. The zero-order valence-electron chi connectivity index (χ0n) is 13.7. The molecule has 0 unspecified atom stereocenters. The summed E-state index contributed by atoms with van der Waals surface area (Å²) in [6, 6.07) is 3.24. The highest BCUT2D eigenvalue weighted by atomic mass is 35.5. The summed E-state index contributed by atoms with van der Waals surface area (Å²) in [5, 5.41) is 4.67. The summed E-state index contributed by atoms with van der Waals surface area (Å²) in [7, 11) is -4.04. The van der Waals surface area contributed by atoms with Gasteiger partial charge in [-0.2, -0.15) is 4.31 Å². The first-order valence-electron chi connectivity index (χ1n) is 7.48. The highest BCUT2D eigenvalue weighted by Gasteiger charge is 2.29. The minimum atomic E-state index is -4.04. The molecular formula is C14H20ClFN4O5S. The number of carbonyl (C=O) groups excluding carboxylic acids is 2. The van der Waals surface area contributed by atoms with E-state index in [1.54, 1.807) is 0 Å². The molecule has 9 nitrogen and oxygen atoms in total. The molecule has 4 N–H and O–H groups in total. The number of rotatable bonds is 6. The summed E-state index contributed by atoms with van der Waals surface area (Å²) < 4.78 is 45.3. The van der Waals surface area contributed by atoms with Gasteiger partial charge in [-0.25, -0.2) is 12.8 Å². The fourth-order valence-electron chi connectivity index (χ4n) is 2.16. The van der Waals surface area contributed by atoms with Gasteiger partial charge in [0.05, 0.1) is 26.3 Å². The van der Waals surface area contributed by atoms with Crippen LogP contribution >= 0.6 is 12.4 Å². The van der Waals surface area contributed by atoms with E-state index in [1.165, 1.54) is 6.07 Å². The molecule has 1 aliphatic rings. The summed E-state index contributed by atoms with van der Waals surface area (Å²) in [6.07, 6.45) is 0. The van der Waals surface area contributed by atoms with Crippen LogP contribution in [-0.2, 0) is 24.3 Å². The van der Waals surface area contributed by atoms with Gasteiger partial charge in [0.2, 0.25) is 21.8 Å². The molecule has 26 heavy (non-hydrogen) atoms. The number of hydrogen-bond acceptors (Lipinski definition) is 6. The van der Waals surface area contributed by atoms with Gasteiger partial charge in [0.25, 0.3) is 0 Å². The van der Waals surface area contributed by atoms with E-state index >= 15 is 0 Å². The number of ether oxygens (including phenoxy) is 1. The lowest BCUT2D eigenvalue weighted by molar-refractivity contribution is -0.123. The highest BCUT2D eigenvalue weighted by molar-refractivity contribution is 7.89. The number of nitrogens with zero attached hydrogens (tertiary/aromatic N) is 1. The summed E-state index contributed by atoms with van der Waals surface area (Å²) >= 11 is 0. The molecule has 1 aliphatic heterocycles. The first-order valence-corrected chi connectivity index (χ1v) is 8.92. The Labute approximate surface area is 156 Å². The Hall–Kier alpha value is -1.79. The largest absolute Gasteiger partial charge is 0.379 e. The maximum absolute atomic E-state index is 14.0. The third-order valence-electron chi connectivity index (χ3n) is 3.43. The van der Waals surface area contributed by atoms with Crippen molar-refractivity contribution in [2.24, 2.45) is 5.73 Å². The molecule has 0 bridgehead atoms. The maximum Gasteiger partial charge on any atom is 0.246 e. The fraction of sp³-hybridized carbons (Fsp3) is 0.429. The lowest BCUT2D eigenvalue weighted by Crippen LogP contribution is -2.41. The molecule has 0 aromatic heterocycles. The van der Waals surface area contributed by atoms with Crippen molar-refractivity contribution >= 4 is 39.9 Å². The molecule has 0 spiro atoms. The summed E-state index contributed by atoms with van der Waals surface area (Å²) in [6.45, 7) is 0.133. The Morgan fingerprint density at radius 2 is 1.88 bits per heavy atom. The van der Waals surface area contributed by atoms with E-state index in [0.717, 1.165) is 16.4 Å². The van der Waals surface area contributed by atoms with E-state index in [4.69, 9.17) is 10.5 Å². The molecule has 1 aromatic carbocycles. The van der Waals surface area contributed by atoms with Crippen molar-refractivity contribution in [2.45, 2.75) is 4.90 Å². The van der Waals surface area contributed by atoms with Crippen LogP contribution in [0.15, 0.2) is 23.1 Å². The molecule has 0 atom stereocenters. The smallest absolute Gasteiger partial charge is 0.246 e. The van der Waals surface area contributed by atoms with Gasteiger partial charge >= 0.3 is 0 Å². The van der Waals surface area contributed by atoms with Crippen LogP contribution in [0.1, 0.15) is 0 Å². The van der Waals surface area contributed by atoms with Crippen molar-refractivity contribution in [1.29, 1.82) is 0 Å². The fourth-order valence-corrected chi connectivity index (χ4v) is 3.66. The van der Waals surface area contributed by atoms with Crippen molar-refractivity contribution in [1.82, 2.24) is 9.62 Å². The van der Waals surface area contributed by atoms with Gasteiger partial charge in [0.15, 0.2) is 0 Å². The SMILES string of the molecule is Cl.NCC(=O)NCC(=O)Nc1ccc(F)c(S(=O)(=O)N2CCOCC2)c1. The van der Waals surface area contributed by atoms with Crippen molar-refractivity contribution < 1.29 is 27.1 Å². The van der Waals surface area contributed by atoms with Gasteiger partial charge in [-0.05, 0) is 18.2 Å². The number of hydrogen-bond donors (Lipinski definition) is 3. The second-order valence-electron chi connectivity index (χ2n) is 5.19. The summed E-state index contributed by atoms with van der Waals surface area (Å²) in [5.74, 6) is -2.02. The Kier molecular flexibility index (Phi) is 8.37. The van der Waals surface area contributed by atoms with Gasteiger partial charge in [-0.3, -0.25) is 9.59 Å². The molecular weight excluding hydrogens is 391 g/mol. The van der Waals surface area contributed by atoms with E-state index in [9.17, 15) is 22.4 Å². The first kappa shape index (κ1) is 22.3. The van der Waals surface area contributed by atoms with Crippen molar-refractivity contribution in [2.75, 3.05) is 44.7 Å². The Bertz CT molecular complexity index is 756. The molecule has 0 aliphatic carbocycles. The number of nitrogens with two attached hydrogens (primary N) is 1. The molecule has 0 saturated carbocycles. The number of halogens is 2. The van der Waals surface area contributed by atoms with Crippen LogP contribution < -0.4 is 16.4 Å². The standard InChI is InChI=1S/C14H19FN4O5S.ClH/c15-11-2-1-10(18-14(21)9-17-13(20)8-16)7-12(11)25(22,23)19-3-5-24-6-4-19;/h1-2,7H,3-6,8-9,16H2,(H,17,20)(H,18,21);1H. The second-order valence-corrected chi connectivity index (χ2v) is 7.10. The van der Waals surface area contributed by atoms with Crippen LogP contribution in [0.2, 0.25) is 0 Å². The predicted molar refractivity (Wildman–Crippen MR) is 93.9 cm³/mol. The Morgan fingerprint density at radius 3 is 2.50 bits per heavy atom. The lowest BCUT2D eigenvalue weighted by Gasteiger charge is -2.26. The van der Waals surface area contributed by atoms with Gasteiger partial charge in [-0.1, -0.05) is 0 Å². The van der Waals surface area contributed by atoms with Crippen LogP contribution in [0.3, 0.4) is 0 Å². The van der Waals surface area contributed by atoms with Crippen LogP contribution in [0.5, 0.6) is 0 Å². The van der Waals surface area contributed by atoms with Crippen LogP contribution in [-0.4, -0.2) is 63.9 Å². The number of amides is 2. The number of anilines is 1. The predicted octanol–water partition coefficient (Wildman–Crippen LogP) is -0.718.